The molecule has 0 radical (unpaired) electrons. The number of piperazine rings is 1. The molecule has 0 aliphatic carbocycles. The van der Waals surface area contributed by atoms with Crippen molar-refractivity contribution >= 4 is 40.8 Å². The van der Waals surface area contributed by atoms with E-state index >= 15 is 0 Å². The molecular weight excluding hydrogens is 409 g/mol. The maximum Gasteiger partial charge on any atom is 0.191 e. The maximum atomic E-state index is 6.11. The summed E-state index contributed by atoms with van der Waals surface area (Å²) in [6.45, 7) is 10.7. The Bertz CT molecular complexity index is 598. The first-order chi connectivity index (χ1) is 13.0. The zero-order valence-electron chi connectivity index (χ0n) is 15.9. The zero-order valence-corrected chi connectivity index (χ0v) is 18.2. The van der Waals surface area contributed by atoms with Gasteiger partial charge in [0, 0.05) is 51.3 Å². The molecule has 1 aliphatic rings. The van der Waals surface area contributed by atoms with Crippen LogP contribution >= 0.6 is 34.8 Å². The lowest BCUT2D eigenvalue weighted by Crippen LogP contribution is -2.49. The summed E-state index contributed by atoms with van der Waals surface area (Å²) in [6.07, 6.45) is 0. The monoisotopic (exact) mass is 435 g/mol. The molecule has 1 aromatic rings. The second-order valence-electron chi connectivity index (χ2n) is 6.25. The van der Waals surface area contributed by atoms with Crippen LogP contribution in [0.25, 0.3) is 0 Å². The smallest absolute Gasteiger partial charge is 0.191 e. The average molecular weight is 437 g/mol. The quantitative estimate of drug-likeness (QED) is 0.373. The average Bonchev–Trinajstić information content (AvgIpc) is 2.65. The number of nitrogens with one attached hydrogen (secondary N) is 2. The minimum absolute atomic E-state index is 0.401. The van der Waals surface area contributed by atoms with Crippen molar-refractivity contribution in [3.05, 3.63) is 27.2 Å². The first-order valence-electron chi connectivity index (χ1n) is 9.20. The van der Waals surface area contributed by atoms with Crippen LogP contribution < -0.4 is 15.4 Å². The number of halogens is 3. The topological polar surface area (TPSA) is 52.1 Å². The third kappa shape index (κ3) is 7.54. The van der Waals surface area contributed by atoms with Crippen molar-refractivity contribution in [1.29, 1.82) is 0 Å². The molecule has 0 aromatic heterocycles. The molecule has 0 bridgehead atoms. The third-order valence-corrected chi connectivity index (χ3v) is 5.24. The lowest BCUT2D eigenvalue weighted by Gasteiger charge is -2.34. The molecule has 6 nitrogen and oxygen atoms in total. The van der Waals surface area contributed by atoms with Gasteiger partial charge in [0.1, 0.15) is 6.61 Å². The Morgan fingerprint density at radius 1 is 1.04 bits per heavy atom. The van der Waals surface area contributed by atoms with E-state index in [0.29, 0.717) is 34.0 Å². The van der Waals surface area contributed by atoms with Crippen LogP contribution in [0.3, 0.4) is 0 Å². The summed E-state index contributed by atoms with van der Waals surface area (Å²) >= 11 is 18.1. The number of hydrogen-bond acceptors (Lipinski definition) is 4. The molecule has 0 atom stereocenters. The van der Waals surface area contributed by atoms with Gasteiger partial charge in [-0.1, -0.05) is 41.7 Å². The number of aliphatic imine (C=N–C) groups is 1. The molecule has 0 amide bonds. The number of nitrogens with zero attached hydrogens (tertiary/aromatic N) is 3. The van der Waals surface area contributed by atoms with Crippen molar-refractivity contribution < 1.29 is 4.74 Å². The van der Waals surface area contributed by atoms with E-state index in [1.807, 2.05) is 0 Å². The molecule has 1 aromatic carbocycles. The molecule has 2 rings (SSSR count). The van der Waals surface area contributed by atoms with E-state index in [-0.39, 0.29) is 0 Å². The lowest BCUT2D eigenvalue weighted by atomic mass is 10.3. The highest BCUT2D eigenvalue weighted by Crippen LogP contribution is 2.35. The van der Waals surface area contributed by atoms with Crippen LogP contribution in [0, 0.1) is 0 Å². The summed E-state index contributed by atoms with van der Waals surface area (Å²) < 4.78 is 5.66. The SMILES string of the molecule is CCN1CCN(CCNC(=NC)NCCOc2c(Cl)cc(Cl)cc2Cl)CC1. The number of ether oxygens (including phenoxy) is 1. The number of rotatable bonds is 8. The fourth-order valence-electron chi connectivity index (χ4n) is 2.87. The Morgan fingerprint density at radius 3 is 2.22 bits per heavy atom. The van der Waals surface area contributed by atoms with Crippen LogP contribution in [0.5, 0.6) is 5.75 Å². The van der Waals surface area contributed by atoms with Crippen molar-refractivity contribution in [2.45, 2.75) is 6.92 Å². The fourth-order valence-corrected chi connectivity index (χ4v) is 3.80. The zero-order chi connectivity index (χ0) is 19.6. The van der Waals surface area contributed by atoms with Crippen LogP contribution in [-0.2, 0) is 0 Å². The second kappa shape index (κ2) is 11.8. The van der Waals surface area contributed by atoms with E-state index in [4.69, 9.17) is 39.5 Å². The van der Waals surface area contributed by atoms with Crippen LogP contribution in [0.1, 0.15) is 6.92 Å². The van der Waals surface area contributed by atoms with Gasteiger partial charge in [-0.25, -0.2) is 0 Å². The molecule has 0 saturated carbocycles. The van der Waals surface area contributed by atoms with Gasteiger partial charge in [0.2, 0.25) is 0 Å². The first-order valence-corrected chi connectivity index (χ1v) is 10.3. The summed E-state index contributed by atoms with van der Waals surface area (Å²) in [5.41, 5.74) is 0. The van der Waals surface area contributed by atoms with Gasteiger partial charge < -0.3 is 20.3 Å². The molecule has 27 heavy (non-hydrogen) atoms. The Labute approximate surface area is 176 Å². The Balaban J connectivity index is 1.63. The largest absolute Gasteiger partial charge is 0.489 e. The summed E-state index contributed by atoms with van der Waals surface area (Å²) in [7, 11) is 1.75. The highest BCUT2D eigenvalue weighted by Gasteiger charge is 2.14. The number of benzene rings is 1. The van der Waals surface area contributed by atoms with Crippen molar-refractivity contribution in [3.63, 3.8) is 0 Å². The van der Waals surface area contributed by atoms with Crippen LogP contribution in [0.4, 0.5) is 0 Å². The van der Waals surface area contributed by atoms with Gasteiger partial charge in [-0.3, -0.25) is 9.89 Å². The molecule has 2 N–H and O–H groups in total. The molecule has 0 unspecified atom stereocenters. The normalized spacial score (nSPS) is 16.4. The van der Waals surface area contributed by atoms with Crippen molar-refractivity contribution in [2.24, 2.45) is 4.99 Å². The van der Waals surface area contributed by atoms with Gasteiger partial charge in [-0.05, 0) is 18.7 Å². The van der Waals surface area contributed by atoms with E-state index < -0.39 is 0 Å². The molecule has 1 saturated heterocycles. The van der Waals surface area contributed by atoms with E-state index in [1.54, 1.807) is 19.2 Å². The highest BCUT2D eigenvalue weighted by molar-refractivity contribution is 6.40. The van der Waals surface area contributed by atoms with Gasteiger partial charge in [-0.2, -0.15) is 0 Å². The lowest BCUT2D eigenvalue weighted by molar-refractivity contribution is 0.139. The van der Waals surface area contributed by atoms with Crippen molar-refractivity contribution in [2.75, 3.05) is 66.0 Å². The minimum atomic E-state index is 0.401. The van der Waals surface area contributed by atoms with E-state index in [2.05, 4.69) is 32.3 Å². The summed E-state index contributed by atoms with van der Waals surface area (Å²) in [5.74, 6) is 1.19. The molecule has 152 valence electrons. The highest BCUT2D eigenvalue weighted by atomic mass is 35.5. The van der Waals surface area contributed by atoms with Gasteiger partial charge in [-0.15, -0.1) is 0 Å². The molecule has 1 heterocycles. The van der Waals surface area contributed by atoms with Gasteiger partial charge in [0.15, 0.2) is 11.7 Å². The van der Waals surface area contributed by atoms with E-state index in [9.17, 15) is 0 Å². The molecular formula is C18H28Cl3N5O. The number of likely N-dealkylation sites (N-methyl/N-ethyl adjacent to an activating group) is 1. The molecule has 1 aliphatic heterocycles. The first kappa shape index (κ1) is 22.4. The Kier molecular flexibility index (Phi) is 9.79. The van der Waals surface area contributed by atoms with Gasteiger partial charge in [0.05, 0.1) is 16.6 Å². The Hall–Kier alpha value is -0.920. The van der Waals surface area contributed by atoms with Crippen molar-refractivity contribution in [1.82, 2.24) is 20.4 Å². The summed E-state index contributed by atoms with van der Waals surface area (Å²) in [4.78, 5) is 9.18. The number of hydrogen-bond donors (Lipinski definition) is 2. The summed E-state index contributed by atoms with van der Waals surface area (Å²) in [5, 5.41) is 7.83. The van der Waals surface area contributed by atoms with Gasteiger partial charge >= 0.3 is 0 Å². The predicted molar refractivity (Wildman–Crippen MR) is 115 cm³/mol. The predicted octanol–water partition coefficient (Wildman–Crippen LogP) is 2.83. The molecule has 1 fully saturated rings. The maximum absolute atomic E-state index is 6.11. The summed E-state index contributed by atoms with van der Waals surface area (Å²) in [6, 6.07) is 3.22. The van der Waals surface area contributed by atoms with Crippen LogP contribution in [0.2, 0.25) is 15.1 Å². The van der Waals surface area contributed by atoms with Crippen molar-refractivity contribution in [3.8, 4) is 5.75 Å². The van der Waals surface area contributed by atoms with E-state index in [1.165, 1.54) is 0 Å². The fraction of sp³-hybridized carbons (Fsp3) is 0.611. The van der Waals surface area contributed by atoms with Crippen LogP contribution in [-0.4, -0.2) is 81.8 Å². The standard InChI is InChI=1S/C18H28Cl3N5O/c1-3-25-7-9-26(10-8-25)6-4-23-18(22-2)24-5-11-27-17-15(20)12-14(19)13-16(17)21/h12-13H,3-11H2,1-2H3,(H2,22,23,24). The second-order valence-corrected chi connectivity index (χ2v) is 7.50. The molecule has 0 spiro atoms. The van der Waals surface area contributed by atoms with Gasteiger partial charge in [0.25, 0.3) is 0 Å². The number of guanidine groups is 1. The van der Waals surface area contributed by atoms with E-state index in [0.717, 1.165) is 51.8 Å². The van der Waals surface area contributed by atoms with Crippen LogP contribution in [0.15, 0.2) is 17.1 Å². The Morgan fingerprint density at radius 2 is 1.63 bits per heavy atom. The third-order valence-electron chi connectivity index (χ3n) is 4.46. The minimum Gasteiger partial charge on any atom is -0.489 e. The molecule has 9 heteroatoms.